The van der Waals surface area contributed by atoms with Gasteiger partial charge in [-0.3, -0.25) is 9.59 Å². The van der Waals surface area contributed by atoms with Crippen LogP contribution in [-0.2, 0) is 0 Å². The van der Waals surface area contributed by atoms with E-state index in [-0.39, 0.29) is 22.7 Å². The van der Waals surface area contributed by atoms with Gasteiger partial charge in [-0.2, -0.15) is 0 Å². The van der Waals surface area contributed by atoms with Crippen LogP contribution in [0.15, 0.2) is 12.1 Å². The fourth-order valence-electron chi connectivity index (χ4n) is 3.40. The average molecular weight is 276 g/mol. The summed E-state index contributed by atoms with van der Waals surface area (Å²) in [6.45, 7) is 1.74. The highest BCUT2D eigenvalue weighted by Gasteiger charge is 2.50. The van der Waals surface area contributed by atoms with Crippen molar-refractivity contribution in [1.29, 1.82) is 0 Å². The summed E-state index contributed by atoms with van der Waals surface area (Å²) in [5, 5.41) is 29.7. The van der Waals surface area contributed by atoms with Crippen molar-refractivity contribution in [1.82, 2.24) is 0 Å². The molecule has 106 valence electrons. The van der Waals surface area contributed by atoms with Crippen LogP contribution in [0, 0.1) is 18.8 Å². The summed E-state index contributed by atoms with van der Waals surface area (Å²) in [4.78, 5) is 25.0. The summed E-state index contributed by atoms with van der Waals surface area (Å²) < 4.78 is 0. The Kier molecular flexibility index (Phi) is 2.92. The van der Waals surface area contributed by atoms with Crippen LogP contribution in [0.4, 0.5) is 0 Å². The molecule has 0 saturated heterocycles. The van der Waals surface area contributed by atoms with Crippen molar-refractivity contribution in [2.45, 2.75) is 32.0 Å². The van der Waals surface area contributed by atoms with Crippen molar-refractivity contribution >= 4 is 11.6 Å². The van der Waals surface area contributed by atoms with Gasteiger partial charge in [0.1, 0.15) is 5.75 Å². The summed E-state index contributed by atoms with van der Waals surface area (Å²) in [7, 11) is 0. The molecule has 0 bridgehead atoms. The number of carbonyl (C=O) groups is 2. The Morgan fingerprint density at radius 3 is 2.50 bits per heavy atom. The van der Waals surface area contributed by atoms with Gasteiger partial charge in [0.15, 0.2) is 11.6 Å². The number of hydrogen-bond donors (Lipinski definition) is 3. The Morgan fingerprint density at radius 2 is 1.80 bits per heavy atom. The summed E-state index contributed by atoms with van der Waals surface area (Å²) in [5.41, 5.74) is 0.921. The van der Waals surface area contributed by atoms with Gasteiger partial charge in [0, 0.05) is 11.5 Å². The molecule has 0 amide bonds. The molecule has 3 rings (SSSR count). The van der Waals surface area contributed by atoms with E-state index in [1.54, 1.807) is 13.0 Å². The van der Waals surface area contributed by atoms with E-state index in [1.807, 2.05) is 0 Å². The number of aryl methyl sites for hydroxylation is 1. The molecule has 4 atom stereocenters. The van der Waals surface area contributed by atoms with Crippen LogP contribution < -0.4 is 0 Å². The monoisotopic (exact) mass is 276 g/mol. The number of fused-ring (bicyclic) bond motifs is 2. The molecular weight excluding hydrogens is 260 g/mol. The van der Waals surface area contributed by atoms with Crippen molar-refractivity contribution in [3.05, 3.63) is 28.8 Å². The number of ketones is 2. The lowest BCUT2D eigenvalue weighted by atomic mass is 9.65. The van der Waals surface area contributed by atoms with E-state index in [2.05, 4.69) is 0 Å². The van der Waals surface area contributed by atoms with E-state index in [1.165, 1.54) is 6.07 Å². The molecule has 5 heteroatoms. The molecule has 5 nitrogen and oxygen atoms in total. The lowest BCUT2D eigenvalue weighted by Gasteiger charge is -2.39. The molecule has 0 heterocycles. The molecule has 20 heavy (non-hydrogen) atoms. The molecule has 1 fully saturated rings. The highest BCUT2D eigenvalue weighted by Crippen LogP contribution is 2.42. The van der Waals surface area contributed by atoms with Gasteiger partial charge in [0.2, 0.25) is 0 Å². The van der Waals surface area contributed by atoms with Crippen LogP contribution in [0.5, 0.6) is 5.75 Å². The summed E-state index contributed by atoms with van der Waals surface area (Å²) in [6, 6.07) is 3.03. The van der Waals surface area contributed by atoms with Crippen LogP contribution in [0.1, 0.15) is 39.1 Å². The molecule has 0 unspecified atom stereocenters. The van der Waals surface area contributed by atoms with E-state index < -0.39 is 29.8 Å². The van der Waals surface area contributed by atoms with Crippen LogP contribution in [0.2, 0.25) is 0 Å². The Balaban J connectivity index is 2.18. The third-order valence-corrected chi connectivity index (χ3v) is 4.38. The number of aliphatic hydroxyl groups is 2. The number of phenols is 1. The summed E-state index contributed by atoms with van der Waals surface area (Å²) in [5.74, 6) is -2.46. The first-order valence-electron chi connectivity index (χ1n) is 6.70. The molecule has 1 aromatic rings. The standard InChI is InChI=1S/C15H16O5/c1-6-4-8-11(10(17)5-6)15(20)12-7(13(8)18)2-3-9(16)14(12)19/h4-5,7,9,12,14,16-17,19H,2-3H2,1H3/t7-,9+,12+,14-/m1/s1. The SMILES string of the molecule is Cc1cc(O)c2c(c1)C(=O)[C@@H]1CC[C@H](O)[C@@H](O)[C@H]1C2=O. The number of phenolic OH excluding ortho intramolecular Hbond substituents is 1. The Morgan fingerprint density at radius 1 is 1.10 bits per heavy atom. The second kappa shape index (κ2) is 4.40. The number of hydrogen-bond acceptors (Lipinski definition) is 5. The van der Waals surface area contributed by atoms with Crippen molar-refractivity contribution < 1.29 is 24.9 Å². The lowest BCUT2D eigenvalue weighted by molar-refractivity contribution is -0.0522. The van der Waals surface area contributed by atoms with Gasteiger partial charge in [0.25, 0.3) is 0 Å². The average Bonchev–Trinajstić information content (AvgIpc) is 2.38. The van der Waals surface area contributed by atoms with Crippen molar-refractivity contribution in [2.24, 2.45) is 11.8 Å². The van der Waals surface area contributed by atoms with Crippen LogP contribution >= 0.6 is 0 Å². The number of carbonyl (C=O) groups excluding carboxylic acids is 2. The second-order valence-corrected chi connectivity index (χ2v) is 5.70. The van der Waals surface area contributed by atoms with Crippen molar-refractivity contribution in [3.8, 4) is 5.75 Å². The molecule has 3 N–H and O–H groups in total. The minimum atomic E-state index is -1.25. The largest absolute Gasteiger partial charge is 0.507 e. The molecule has 0 spiro atoms. The van der Waals surface area contributed by atoms with E-state index in [4.69, 9.17) is 0 Å². The van der Waals surface area contributed by atoms with E-state index in [0.717, 1.165) is 0 Å². The topological polar surface area (TPSA) is 94.8 Å². The number of aliphatic hydroxyl groups excluding tert-OH is 2. The van der Waals surface area contributed by atoms with Crippen LogP contribution in [0.3, 0.4) is 0 Å². The molecule has 2 aliphatic rings. The maximum Gasteiger partial charge on any atom is 0.173 e. The lowest BCUT2D eigenvalue weighted by Crippen LogP contribution is -2.51. The van der Waals surface area contributed by atoms with Crippen LogP contribution in [0.25, 0.3) is 0 Å². The zero-order valence-electron chi connectivity index (χ0n) is 11.0. The van der Waals surface area contributed by atoms with Gasteiger partial charge in [-0.05, 0) is 37.5 Å². The number of aromatic hydroxyl groups is 1. The number of benzene rings is 1. The third kappa shape index (κ3) is 1.70. The molecule has 0 aromatic heterocycles. The molecular formula is C15H16O5. The van der Waals surface area contributed by atoms with Crippen molar-refractivity contribution in [3.63, 3.8) is 0 Å². The first kappa shape index (κ1) is 13.3. The fraction of sp³-hybridized carbons (Fsp3) is 0.467. The number of Topliss-reactive ketones (excluding diaryl/α,β-unsaturated/α-hetero) is 2. The van der Waals surface area contributed by atoms with E-state index in [0.29, 0.717) is 18.4 Å². The predicted molar refractivity (Wildman–Crippen MR) is 69.7 cm³/mol. The highest BCUT2D eigenvalue weighted by molar-refractivity contribution is 6.17. The second-order valence-electron chi connectivity index (χ2n) is 5.70. The van der Waals surface area contributed by atoms with E-state index in [9.17, 15) is 24.9 Å². The van der Waals surface area contributed by atoms with Gasteiger partial charge in [-0.15, -0.1) is 0 Å². The van der Waals surface area contributed by atoms with E-state index >= 15 is 0 Å². The number of rotatable bonds is 0. The molecule has 2 aliphatic carbocycles. The summed E-state index contributed by atoms with van der Waals surface area (Å²) >= 11 is 0. The Labute approximate surface area is 115 Å². The Bertz CT molecular complexity index is 607. The maximum absolute atomic E-state index is 12.5. The first-order chi connectivity index (χ1) is 9.41. The maximum atomic E-state index is 12.5. The van der Waals surface area contributed by atoms with Gasteiger partial charge < -0.3 is 15.3 Å². The predicted octanol–water partition coefficient (Wildman–Crippen LogP) is 0.828. The minimum absolute atomic E-state index is 0.0185. The van der Waals surface area contributed by atoms with Gasteiger partial charge >= 0.3 is 0 Å². The first-order valence-corrected chi connectivity index (χ1v) is 6.70. The van der Waals surface area contributed by atoms with Crippen LogP contribution in [-0.4, -0.2) is 39.1 Å². The molecule has 1 saturated carbocycles. The zero-order valence-corrected chi connectivity index (χ0v) is 11.0. The smallest absolute Gasteiger partial charge is 0.173 e. The molecule has 0 radical (unpaired) electrons. The molecule has 1 aromatic carbocycles. The molecule has 0 aliphatic heterocycles. The normalized spacial score (nSPS) is 32.8. The summed E-state index contributed by atoms with van der Waals surface area (Å²) in [6.07, 6.45) is -1.57. The quantitative estimate of drug-likeness (QED) is 0.652. The van der Waals surface area contributed by atoms with Gasteiger partial charge in [-0.1, -0.05) is 0 Å². The zero-order chi connectivity index (χ0) is 14.6. The highest BCUT2D eigenvalue weighted by atomic mass is 16.3. The third-order valence-electron chi connectivity index (χ3n) is 4.38. The van der Waals surface area contributed by atoms with Gasteiger partial charge in [0.05, 0.1) is 23.7 Å². The van der Waals surface area contributed by atoms with Crippen molar-refractivity contribution in [2.75, 3.05) is 0 Å². The minimum Gasteiger partial charge on any atom is -0.507 e. The van der Waals surface area contributed by atoms with Gasteiger partial charge in [-0.25, -0.2) is 0 Å². The Hall–Kier alpha value is -1.72. The fourth-order valence-corrected chi connectivity index (χ4v) is 3.40.